The SMILES string of the molecule is CNC(=O)Cn1cc(NC(=O)c2csc(I)c2)cn1. The Morgan fingerprint density at radius 1 is 1.53 bits per heavy atom. The number of aromatic nitrogens is 2. The lowest BCUT2D eigenvalue weighted by molar-refractivity contribution is -0.121. The molecule has 2 amide bonds. The molecule has 0 aliphatic rings. The van der Waals surface area contributed by atoms with Crippen molar-refractivity contribution in [2.75, 3.05) is 12.4 Å². The van der Waals surface area contributed by atoms with Crippen LogP contribution in [0.1, 0.15) is 10.4 Å². The molecule has 0 bridgehead atoms. The number of anilines is 1. The molecular weight excluding hydrogens is 379 g/mol. The summed E-state index contributed by atoms with van der Waals surface area (Å²) in [5, 5.41) is 11.0. The lowest BCUT2D eigenvalue weighted by Gasteiger charge is -2.00. The van der Waals surface area contributed by atoms with E-state index < -0.39 is 0 Å². The Hall–Kier alpha value is -1.42. The third kappa shape index (κ3) is 3.77. The number of carbonyl (C=O) groups is 2. The van der Waals surface area contributed by atoms with Crippen LogP contribution in [0.5, 0.6) is 0 Å². The third-order valence-electron chi connectivity index (χ3n) is 2.31. The normalized spacial score (nSPS) is 10.2. The van der Waals surface area contributed by atoms with Crippen molar-refractivity contribution in [2.24, 2.45) is 0 Å². The van der Waals surface area contributed by atoms with Crippen molar-refractivity contribution >= 4 is 51.4 Å². The molecule has 0 spiro atoms. The molecule has 0 fully saturated rings. The number of hydrogen-bond donors (Lipinski definition) is 2. The van der Waals surface area contributed by atoms with Gasteiger partial charge in [0.25, 0.3) is 5.91 Å². The first kappa shape index (κ1) is 14.0. The van der Waals surface area contributed by atoms with E-state index in [1.165, 1.54) is 22.2 Å². The zero-order valence-corrected chi connectivity index (χ0v) is 13.0. The Balaban J connectivity index is 2.00. The van der Waals surface area contributed by atoms with Gasteiger partial charge >= 0.3 is 0 Å². The summed E-state index contributed by atoms with van der Waals surface area (Å²) in [5.41, 5.74) is 1.18. The Bertz CT molecular complexity index is 607. The molecule has 0 aliphatic carbocycles. The van der Waals surface area contributed by atoms with Crippen molar-refractivity contribution in [2.45, 2.75) is 6.54 Å². The zero-order chi connectivity index (χ0) is 13.8. The van der Waals surface area contributed by atoms with Gasteiger partial charge in [-0.15, -0.1) is 11.3 Å². The Labute approximate surface area is 127 Å². The molecule has 0 aromatic carbocycles. The maximum absolute atomic E-state index is 11.9. The monoisotopic (exact) mass is 390 g/mol. The minimum atomic E-state index is -0.182. The second-order valence-corrected chi connectivity index (χ2v) is 6.50. The predicted octanol–water partition coefficient (Wildman–Crippen LogP) is 1.55. The second kappa shape index (κ2) is 6.15. The summed E-state index contributed by atoms with van der Waals surface area (Å²) in [6.45, 7) is 0.128. The van der Waals surface area contributed by atoms with Crippen LogP contribution in [0, 0.1) is 2.88 Å². The molecule has 0 saturated heterocycles. The molecule has 8 heteroatoms. The minimum Gasteiger partial charge on any atom is -0.358 e. The topological polar surface area (TPSA) is 76.0 Å². The molecule has 2 rings (SSSR count). The summed E-state index contributed by atoms with van der Waals surface area (Å²) in [6, 6.07) is 1.81. The second-order valence-electron chi connectivity index (χ2n) is 3.69. The van der Waals surface area contributed by atoms with E-state index in [4.69, 9.17) is 0 Å². The fraction of sp³-hybridized carbons (Fsp3) is 0.182. The third-order valence-corrected chi connectivity index (χ3v) is 4.09. The molecule has 6 nitrogen and oxygen atoms in total. The van der Waals surface area contributed by atoms with Crippen LogP contribution in [-0.4, -0.2) is 28.6 Å². The molecular formula is C11H11IN4O2S. The Kier molecular flexibility index (Phi) is 4.53. The first-order chi connectivity index (χ1) is 9.08. The van der Waals surface area contributed by atoms with Crippen molar-refractivity contribution in [3.8, 4) is 0 Å². The van der Waals surface area contributed by atoms with Gasteiger partial charge < -0.3 is 10.6 Å². The number of carbonyl (C=O) groups excluding carboxylic acids is 2. The van der Waals surface area contributed by atoms with Gasteiger partial charge in [-0.25, -0.2) is 0 Å². The standard InChI is InChI=1S/C11H11IN4O2S/c1-13-10(17)5-16-4-8(3-14-16)15-11(18)7-2-9(12)19-6-7/h2-4,6H,5H2,1H3,(H,13,17)(H,15,18). The van der Waals surface area contributed by atoms with E-state index in [1.54, 1.807) is 18.6 Å². The highest BCUT2D eigenvalue weighted by molar-refractivity contribution is 14.1. The van der Waals surface area contributed by atoms with E-state index in [9.17, 15) is 9.59 Å². The molecule has 0 aliphatic heterocycles. The van der Waals surface area contributed by atoms with Gasteiger partial charge in [0, 0.05) is 18.6 Å². The summed E-state index contributed by atoms with van der Waals surface area (Å²) in [7, 11) is 1.56. The van der Waals surface area contributed by atoms with Crippen LogP contribution in [-0.2, 0) is 11.3 Å². The van der Waals surface area contributed by atoms with Gasteiger partial charge in [-0.2, -0.15) is 5.10 Å². The highest BCUT2D eigenvalue weighted by Crippen LogP contribution is 2.17. The van der Waals surface area contributed by atoms with Crippen molar-refractivity contribution in [3.05, 3.63) is 32.3 Å². The van der Waals surface area contributed by atoms with E-state index in [1.807, 2.05) is 6.07 Å². The van der Waals surface area contributed by atoms with Gasteiger partial charge in [0.2, 0.25) is 5.91 Å². The van der Waals surface area contributed by atoms with Gasteiger partial charge in [-0.05, 0) is 28.7 Å². The van der Waals surface area contributed by atoms with E-state index in [2.05, 4.69) is 38.3 Å². The summed E-state index contributed by atoms with van der Waals surface area (Å²) >= 11 is 3.68. The molecule has 0 radical (unpaired) electrons. The number of nitrogens with zero attached hydrogens (tertiary/aromatic N) is 2. The zero-order valence-electron chi connectivity index (χ0n) is 10.0. The average molecular weight is 390 g/mol. The van der Waals surface area contributed by atoms with Crippen LogP contribution >= 0.6 is 33.9 Å². The smallest absolute Gasteiger partial charge is 0.256 e. The Morgan fingerprint density at radius 3 is 2.95 bits per heavy atom. The minimum absolute atomic E-state index is 0.128. The highest BCUT2D eigenvalue weighted by atomic mass is 127. The molecule has 2 aromatic heterocycles. The van der Waals surface area contributed by atoms with Gasteiger partial charge in [-0.3, -0.25) is 14.3 Å². The van der Waals surface area contributed by atoms with Crippen molar-refractivity contribution in [1.29, 1.82) is 0 Å². The summed E-state index contributed by atoms with van der Waals surface area (Å²) in [5.74, 6) is -0.327. The number of thiophene rings is 1. The average Bonchev–Trinajstić information content (AvgIpc) is 2.98. The van der Waals surface area contributed by atoms with Crippen LogP contribution in [0.3, 0.4) is 0 Å². The quantitative estimate of drug-likeness (QED) is 0.778. The fourth-order valence-corrected chi connectivity index (χ4v) is 2.70. The van der Waals surface area contributed by atoms with Crippen LogP contribution in [0.25, 0.3) is 0 Å². The summed E-state index contributed by atoms with van der Waals surface area (Å²) in [4.78, 5) is 23.1. The van der Waals surface area contributed by atoms with Crippen LogP contribution in [0.4, 0.5) is 5.69 Å². The lowest BCUT2D eigenvalue weighted by Crippen LogP contribution is -2.23. The number of hydrogen-bond acceptors (Lipinski definition) is 4. The molecule has 0 unspecified atom stereocenters. The van der Waals surface area contributed by atoms with Gasteiger partial charge in [0.1, 0.15) is 6.54 Å². The van der Waals surface area contributed by atoms with Crippen molar-refractivity contribution in [3.63, 3.8) is 0 Å². The molecule has 2 aromatic rings. The van der Waals surface area contributed by atoms with E-state index >= 15 is 0 Å². The first-order valence-electron chi connectivity index (χ1n) is 5.37. The summed E-state index contributed by atoms with van der Waals surface area (Å²) in [6.07, 6.45) is 3.13. The van der Waals surface area contributed by atoms with Crippen LogP contribution in [0.2, 0.25) is 0 Å². The maximum Gasteiger partial charge on any atom is 0.256 e. The van der Waals surface area contributed by atoms with Crippen molar-refractivity contribution < 1.29 is 9.59 Å². The van der Waals surface area contributed by atoms with Crippen LogP contribution < -0.4 is 10.6 Å². The number of halogens is 1. The molecule has 2 N–H and O–H groups in total. The first-order valence-corrected chi connectivity index (χ1v) is 7.33. The van der Waals surface area contributed by atoms with Crippen molar-refractivity contribution in [1.82, 2.24) is 15.1 Å². The number of amides is 2. The molecule has 0 saturated carbocycles. The number of rotatable bonds is 4. The molecule has 19 heavy (non-hydrogen) atoms. The predicted molar refractivity (Wildman–Crippen MR) is 81.3 cm³/mol. The van der Waals surface area contributed by atoms with E-state index in [0.29, 0.717) is 11.3 Å². The maximum atomic E-state index is 11.9. The molecule has 0 atom stereocenters. The largest absolute Gasteiger partial charge is 0.358 e. The number of nitrogens with one attached hydrogen (secondary N) is 2. The summed E-state index contributed by atoms with van der Waals surface area (Å²) < 4.78 is 2.52. The highest BCUT2D eigenvalue weighted by Gasteiger charge is 2.10. The lowest BCUT2D eigenvalue weighted by atomic mass is 10.3. The van der Waals surface area contributed by atoms with Crippen LogP contribution in [0.15, 0.2) is 23.8 Å². The van der Waals surface area contributed by atoms with Gasteiger partial charge in [-0.1, -0.05) is 0 Å². The van der Waals surface area contributed by atoms with Gasteiger partial charge in [0.15, 0.2) is 0 Å². The number of likely N-dealkylation sites (N-methyl/N-ethyl adjacent to an activating group) is 1. The molecule has 100 valence electrons. The van der Waals surface area contributed by atoms with E-state index in [0.717, 1.165) is 2.88 Å². The Morgan fingerprint density at radius 2 is 2.32 bits per heavy atom. The van der Waals surface area contributed by atoms with E-state index in [-0.39, 0.29) is 18.4 Å². The molecule has 2 heterocycles. The van der Waals surface area contributed by atoms with Gasteiger partial charge in [0.05, 0.1) is 20.3 Å². The fourth-order valence-electron chi connectivity index (χ4n) is 1.37.